The van der Waals surface area contributed by atoms with E-state index in [4.69, 9.17) is 5.11 Å². The summed E-state index contributed by atoms with van der Waals surface area (Å²) in [6.07, 6.45) is 5.74. The summed E-state index contributed by atoms with van der Waals surface area (Å²) in [5.74, 6) is -1.50. The molecule has 7 nitrogen and oxygen atoms in total. The zero-order valence-corrected chi connectivity index (χ0v) is 15.3. The number of carboxylic acids is 1. The van der Waals surface area contributed by atoms with E-state index in [1.54, 1.807) is 24.4 Å². The van der Waals surface area contributed by atoms with E-state index >= 15 is 0 Å². The van der Waals surface area contributed by atoms with Gasteiger partial charge in [0.25, 0.3) is 11.5 Å². The van der Waals surface area contributed by atoms with Crippen molar-refractivity contribution in [3.63, 3.8) is 0 Å². The SMILES string of the molecule is CCc1cncc(-c2cccc(C(=O)Nc3ccc(=O)n(CC(=O)O)c3)c2)c1. The first-order valence-corrected chi connectivity index (χ1v) is 8.74. The number of pyridine rings is 2. The molecule has 0 atom stereocenters. The Balaban J connectivity index is 1.84. The van der Waals surface area contributed by atoms with Crippen LogP contribution in [0.25, 0.3) is 11.1 Å². The molecule has 0 radical (unpaired) electrons. The third kappa shape index (κ3) is 4.50. The summed E-state index contributed by atoms with van der Waals surface area (Å²) in [6.45, 7) is 1.58. The number of hydrogen-bond acceptors (Lipinski definition) is 4. The standard InChI is InChI=1S/C21H19N3O4/c1-2-14-8-17(11-22-10-14)15-4-3-5-16(9-15)21(28)23-18-6-7-19(25)24(12-18)13-20(26)27/h3-12H,2,13H2,1H3,(H,23,28)(H,26,27). The second-order valence-electron chi connectivity index (χ2n) is 6.25. The van der Waals surface area contributed by atoms with Crippen LogP contribution in [0.1, 0.15) is 22.8 Å². The summed E-state index contributed by atoms with van der Waals surface area (Å²) in [7, 11) is 0. The molecule has 2 N–H and O–H groups in total. The van der Waals surface area contributed by atoms with Crippen LogP contribution < -0.4 is 10.9 Å². The lowest BCUT2D eigenvalue weighted by Crippen LogP contribution is -2.24. The highest BCUT2D eigenvalue weighted by molar-refractivity contribution is 6.04. The number of carbonyl (C=O) groups is 2. The minimum absolute atomic E-state index is 0.339. The van der Waals surface area contributed by atoms with Crippen molar-refractivity contribution < 1.29 is 14.7 Å². The summed E-state index contributed by atoms with van der Waals surface area (Å²) in [4.78, 5) is 39.4. The molecule has 0 saturated carbocycles. The van der Waals surface area contributed by atoms with Gasteiger partial charge in [-0.15, -0.1) is 0 Å². The number of rotatable bonds is 6. The fourth-order valence-electron chi connectivity index (χ4n) is 2.76. The van der Waals surface area contributed by atoms with E-state index in [9.17, 15) is 14.4 Å². The number of amides is 1. The molecule has 0 aliphatic heterocycles. The van der Waals surface area contributed by atoms with Crippen molar-refractivity contribution >= 4 is 17.6 Å². The molecule has 1 aromatic carbocycles. The molecule has 0 saturated heterocycles. The van der Waals surface area contributed by atoms with Crippen LogP contribution in [0.5, 0.6) is 0 Å². The van der Waals surface area contributed by atoms with Gasteiger partial charge in [0.2, 0.25) is 0 Å². The summed E-state index contributed by atoms with van der Waals surface area (Å²) in [5, 5.41) is 11.6. The summed E-state index contributed by atoms with van der Waals surface area (Å²) < 4.78 is 1.02. The predicted octanol–water partition coefficient (Wildman–Crippen LogP) is 2.81. The fourth-order valence-corrected chi connectivity index (χ4v) is 2.76. The van der Waals surface area contributed by atoms with E-state index in [0.717, 1.165) is 27.7 Å². The van der Waals surface area contributed by atoms with Crippen molar-refractivity contribution in [2.45, 2.75) is 19.9 Å². The average molecular weight is 377 g/mol. The Morgan fingerprint density at radius 3 is 2.68 bits per heavy atom. The molecular formula is C21H19N3O4. The van der Waals surface area contributed by atoms with E-state index in [1.165, 1.54) is 18.3 Å². The molecule has 7 heteroatoms. The van der Waals surface area contributed by atoms with Crippen LogP contribution in [-0.2, 0) is 17.8 Å². The van der Waals surface area contributed by atoms with Crippen LogP contribution in [0.15, 0.2) is 65.8 Å². The van der Waals surface area contributed by atoms with Gasteiger partial charge in [0, 0.05) is 35.8 Å². The molecule has 3 aromatic rings. The maximum atomic E-state index is 12.6. The van der Waals surface area contributed by atoms with E-state index in [0.29, 0.717) is 11.3 Å². The molecule has 3 rings (SSSR count). The summed E-state index contributed by atoms with van der Waals surface area (Å²) in [6, 6.07) is 11.8. The van der Waals surface area contributed by atoms with Crippen LogP contribution in [0.2, 0.25) is 0 Å². The van der Waals surface area contributed by atoms with Gasteiger partial charge in [-0.05, 0) is 41.8 Å². The third-order valence-corrected chi connectivity index (χ3v) is 4.21. The highest BCUT2D eigenvalue weighted by Gasteiger charge is 2.10. The number of aromatic nitrogens is 2. The van der Waals surface area contributed by atoms with E-state index in [2.05, 4.69) is 17.2 Å². The van der Waals surface area contributed by atoms with Crippen molar-refractivity contribution in [1.29, 1.82) is 0 Å². The first-order valence-electron chi connectivity index (χ1n) is 8.74. The smallest absolute Gasteiger partial charge is 0.323 e. The van der Waals surface area contributed by atoms with E-state index in [1.807, 2.05) is 18.3 Å². The van der Waals surface area contributed by atoms with Gasteiger partial charge in [-0.25, -0.2) is 0 Å². The number of carbonyl (C=O) groups excluding carboxylic acids is 1. The Hall–Kier alpha value is -3.74. The number of anilines is 1. The molecule has 0 fully saturated rings. The molecule has 0 bridgehead atoms. The zero-order chi connectivity index (χ0) is 20.1. The topological polar surface area (TPSA) is 101 Å². The normalized spacial score (nSPS) is 10.5. The van der Waals surface area contributed by atoms with Crippen LogP contribution >= 0.6 is 0 Å². The number of hydrogen-bond donors (Lipinski definition) is 2. The summed E-state index contributed by atoms with van der Waals surface area (Å²) in [5.41, 5.74) is 3.22. The zero-order valence-electron chi connectivity index (χ0n) is 15.3. The lowest BCUT2D eigenvalue weighted by atomic mass is 10.0. The van der Waals surface area contributed by atoms with Crippen LogP contribution in [0, 0.1) is 0 Å². The van der Waals surface area contributed by atoms with Gasteiger partial charge in [-0.1, -0.05) is 19.1 Å². The Kier molecular flexibility index (Phi) is 5.64. The van der Waals surface area contributed by atoms with Gasteiger partial charge in [0.1, 0.15) is 6.54 Å². The monoisotopic (exact) mass is 377 g/mol. The Morgan fingerprint density at radius 1 is 1.11 bits per heavy atom. The van der Waals surface area contributed by atoms with Gasteiger partial charge in [0.15, 0.2) is 0 Å². The molecule has 0 aliphatic carbocycles. The van der Waals surface area contributed by atoms with Crippen LogP contribution in [0.3, 0.4) is 0 Å². The van der Waals surface area contributed by atoms with Crippen LogP contribution in [0.4, 0.5) is 5.69 Å². The quantitative estimate of drug-likeness (QED) is 0.688. The maximum absolute atomic E-state index is 12.6. The second kappa shape index (κ2) is 8.30. The number of nitrogens with one attached hydrogen (secondary N) is 1. The van der Waals surface area contributed by atoms with Crippen molar-refractivity contribution in [2.24, 2.45) is 0 Å². The van der Waals surface area contributed by atoms with Crippen molar-refractivity contribution in [3.05, 3.63) is 82.5 Å². The predicted molar refractivity (Wildman–Crippen MR) is 105 cm³/mol. The number of carboxylic acid groups (broad SMARTS) is 1. The molecule has 2 aromatic heterocycles. The Bertz CT molecular complexity index is 1090. The molecule has 28 heavy (non-hydrogen) atoms. The minimum Gasteiger partial charge on any atom is -0.480 e. The molecule has 142 valence electrons. The van der Waals surface area contributed by atoms with E-state index < -0.39 is 18.1 Å². The highest BCUT2D eigenvalue weighted by Crippen LogP contribution is 2.21. The van der Waals surface area contributed by atoms with Gasteiger partial charge < -0.3 is 15.0 Å². The molecule has 2 heterocycles. The minimum atomic E-state index is -1.14. The first kappa shape index (κ1) is 19.0. The van der Waals surface area contributed by atoms with Gasteiger partial charge in [-0.3, -0.25) is 19.4 Å². The highest BCUT2D eigenvalue weighted by atomic mass is 16.4. The number of benzene rings is 1. The maximum Gasteiger partial charge on any atom is 0.323 e. The van der Waals surface area contributed by atoms with Crippen molar-refractivity contribution in [3.8, 4) is 11.1 Å². The fraction of sp³-hybridized carbons (Fsp3) is 0.143. The molecule has 0 aliphatic rings. The summed E-state index contributed by atoms with van der Waals surface area (Å²) >= 11 is 0. The van der Waals surface area contributed by atoms with Gasteiger partial charge >= 0.3 is 5.97 Å². The molecule has 1 amide bonds. The Morgan fingerprint density at radius 2 is 1.93 bits per heavy atom. The average Bonchev–Trinajstić information content (AvgIpc) is 2.70. The van der Waals surface area contributed by atoms with Crippen molar-refractivity contribution in [1.82, 2.24) is 9.55 Å². The van der Waals surface area contributed by atoms with Crippen LogP contribution in [-0.4, -0.2) is 26.5 Å². The molecule has 0 spiro atoms. The lowest BCUT2D eigenvalue weighted by Gasteiger charge is -2.09. The molecule has 0 unspecified atom stereocenters. The van der Waals surface area contributed by atoms with Gasteiger partial charge in [0.05, 0.1) is 5.69 Å². The number of nitrogens with zero attached hydrogens (tertiary/aromatic N) is 2. The largest absolute Gasteiger partial charge is 0.480 e. The van der Waals surface area contributed by atoms with E-state index in [-0.39, 0.29) is 5.91 Å². The third-order valence-electron chi connectivity index (χ3n) is 4.21. The van der Waals surface area contributed by atoms with Gasteiger partial charge in [-0.2, -0.15) is 0 Å². The number of aryl methyl sites for hydroxylation is 1. The number of aliphatic carboxylic acids is 1. The lowest BCUT2D eigenvalue weighted by molar-refractivity contribution is -0.137. The van der Waals surface area contributed by atoms with Crippen molar-refractivity contribution in [2.75, 3.05) is 5.32 Å². The first-order chi connectivity index (χ1) is 13.5. The Labute approximate surface area is 161 Å². The second-order valence-corrected chi connectivity index (χ2v) is 6.25. The molecular weight excluding hydrogens is 358 g/mol.